The summed E-state index contributed by atoms with van der Waals surface area (Å²) >= 11 is 6.75. The number of hydrogen-bond donors (Lipinski definition) is 2. The van der Waals surface area contributed by atoms with E-state index >= 15 is 0 Å². The first kappa shape index (κ1) is 17.4. The molecule has 2 aromatic rings. The lowest BCUT2D eigenvalue weighted by Gasteiger charge is -2.18. The van der Waals surface area contributed by atoms with Crippen LogP contribution in [0.5, 0.6) is 0 Å². The molecule has 1 heterocycles. The Kier molecular flexibility index (Phi) is 6.09. The zero-order valence-corrected chi connectivity index (χ0v) is 14.6. The first-order chi connectivity index (χ1) is 11.0. The van der Waals surface area contributed by atoms with Crippen molar-refractivity contribution in [2.75, 3.05) is 16.2 Å². The van der Waals surface area contributed by atoms with Gasteiger partial charge in [0.1, 0.15) is 10.0 Å². The summed E-state index contributed by atoms with van der Waals surface area (Å²) in [6, 6.07) is 11.4. The van der Waals surface area contributed by atoms with Gasteiger partial charge in [-0.2, -0.15) is 0 Å². The van der Waals surface area contributed by atoms with Crippen LogP contribution in [0.2, 0.25) is 0 Å². The monoisotopic (exact) mass is 346 g/mol. The van der Waals surface area contributed by atoms with Crippen LogP contribution >= 0.6 is 24.0 Å². The molecule has 0 unspecified atom stereocenters. The molecule has 1 aromatic carbocycles. The minimum atomic E-state index is -0.0712. The number of rotatable bonds is 5. The number of nitrogens with zero attached hydrogens (tertiary/aromatic N) is 2. The van der Waals surface area contributed by atoms with Crippen LogP contribution in [0.1, 0.15) is 23.0 Å². The van der Waals surface area contributed by atoms with Crippen LogP contribution in [0, 0.1) is 6.92 Å². The van der Waals surface area contributed by atoms with Crippen LogP contribution in [0.4, 0.5) is 11.4 Å². The van der Waals surface area contributed by atoms with Crippen molar-refractivity contribution in [3.63, 3.8) is 0 Å². The van der Waals surface area contributed by atoms with E-state index in [1.807, 2.05) is 31.2 Å². The third-order valence-electron chi connectivity index (χ3n) is 3.16. The van der Waals surface area contributed by atoms with Gasteiger partial charge in [0.15, 0.2) is 5.78 Å². The van der Waals surface area contributed by atoms with Crippen LogP contribution in [-0.2, 0) is 0 Å². The number of thioether (sulfide) groups is 1. The van der Waals surface area contributed by atoms with E-state index in [-0.39, 0.29) is 5.78 Å². The molecule has 0 fully saturated rings. The van der Waals surface area contributed by atoms with E-state index in [4.69, 9.17) is 18.1 Å². The number of benzene rings is 1. The van der Waals surface area contributed by atoms with Gasteiger partial charge in [-0.15, -0.1) is 0 Å². The maximum absolute atomic E-state index is 11.2. The fourth-order valence-electron chi connectivity index (χ4n) is 1.83. The van der Waals surface area contributed by atoms with Crippen molar-refractivity contribution < 1.29 is 4.79 Å². The molecule has 0 saturated carbocycles. The Bertz CT molecular complexity index is 703. The van der Waals surface area contributed by atoms with Gasteiger partial charge in [0.25, 0.3) is 0 Å². The second kappa shape index (κ2) is 8.05. The fraction of sp³-hybridized carbons (Fsp3) is 0.188. The Morgan fingerprint density at radius 3 is 2.70 bits per heavy atom. The summed E-state index contributed by atoms with van der Waals surface area (Å²) in [5.41, 5.74) is 3.26. The van der Waals surface area contributed by atoms with E-state index in [0.29, 0.717) is 15.9 Å². The summed E-state index contributed by atoms with van der Waals surface area (Å²) in [5, 5.41) is 4.73. The van der Waals surface area contributed by atoms with Gasteiger partial charge in [0, 0.05) is 12.6 Å². The van der Waals surface area contributed by atoms with E-state index in [2.05, 4.69) is 10.3 Å². The van der Waals surface area contributed by atoms with Gasteiger partial charge < -0.3 is 5.32 Å². The van der Waals surface area contributed by atoms with Crippen molar-refractivity contribution in [2.24, 2.45) is 5.84 Å². The molecular weight excluding hydrogens is 328 g/mol. The molecular formula is C16H18N4OS2. The number of nitrogens with one attached hydrogen (secondary N) is 1. The molecule has 1 aromatic heterocycles. The van der Waals surface area contributed by atoms with E-state index in [1.165, 1.54) is 23.7 Å². The first-order valence-corrected chi connectivity index (χ1v) is 8.35. The summed E-state index contributed by atoms with van der Waals surface area (Å²) < 4.78 is 0.642. The fourth-order valence-corrected chi connectivity index (χ4v) is 2.68. The number of pyridine rings is 1. The number of aryl methyl sites for hydroxylation is 1. The number of anilines is 2. The summed E-state index contributed by atoms with van der Waals surface area (Å²) in [6.07, 6.45) is 1.58. The molecule has 7 heteroatoms. The number of ketones is 1. The zero-order chi connectivity index (χ0) is 16.8. The van der Waals surface area contributed by atoms with Crippen molar-refractivity contribution in [3.8, 4) is 0 Å². The molecule has 3 N–H and O–H groups in total. The van der Waals surface area contributed by atoms with E-state index in [0.717, 1.165) is 16.9 Å². The molecule has 5 nitrogen and oxygen atoms in total. The summed E-state index contributed by atoms with van der Waals surface area (Å²) in [5.74, 6) is 6.39. The molecule has 0 bridgehead atoms. The second-order valence-corrected chi connectivity index (χ2v) is 6.55. The molecule has 23 heavy (non-hydrogen) atoms. The molecule has 0 radical (unpaired) electrons. The van der Waals surface area contributed by atoms with Crippen LogP contribution in [0.15, 0.2) is 42.6 Å². The van der Waals surface area contributed by atoms with Gasteiger partial charge in [-0.3, -0.25) is 14.8 Å². The average molecular weight is 346 g/mol. The lowest BCUT2D eigenvalue weighted by Crippen LogP contribution is -2.31. The van der Waals surface area contributed by atoms with Crippen LogP contribution in [-0.4, -0.2) is 21.0 Å². The second-order valence-electron chi connectivity index (χ2n) is 4.93. The Balaban J connectivity index is 1.88. The van der Waals surface area contributed by atoms with Crippen LogP contribution < -0.4 is 16.2 Å². The third-order valence-corrected chi connectivity index (χ3v) is 4.38. The van der Waals surface area contributed by atoms with Gasteiger partial charge in [-0.1, -0.05) is 42.2 Å². The lowest BCUT2D eigenvalue weighted by atomic mass is 10.2. The number of nitrogens with two attached hydrogens (primary N) is 1. The number of hydrazine groups is 1. The molecule has 0 spiro atoms. The molecule has 0 aliphatic carbocycles. The number of carbonyl (C=O) groups excluding carboxylic acids is 1. The highest BCUT2D eigenvalue weighted by atomic mass is 32.2. The largest absolute Gasteiger partial charge is 0.341 e. The molecule has 0 amide bonds. The summed E-state index contributed by atoms with van der Waals surface area (Å²) in [6.45, 7) is 3.50. The van der Waals surface area contributed by atoms with Gasteiger partial charge in [-0.25, -0.2) is 5.84 Å². The first-order valence-electron chi connectivity index (χ1n) is 6.96. The number of para-hydroxylation sites is 1. The highest BCUT2D eigenvalue weighted by Gasteiger charge is 2.07. The minimum absolute atomic E-state index is 0.0712. The standard InChI is InChI=1S/C16H18N4OS2/c1-11-5-3-4-6-14(11)19-16(22)23-10-20(17)13-7-8-15(12(2)21)18-9-13/h3-9H,10,17H2,1-2H3,(H,19,22). The molecule has 0 aliphatic rings. The van der Waals surface area contributed by atoms with Crippen molar-refractivity contribution in [2.45, 2.75) is 13.8 Å². The minimum Gasteiger partial charge on any atom is -0.341 e. The van der Waals surface area contributed by atoms with Gasteiger partial charge in [-0.05, 0) is 30.7 Å². The van der Waals surface area contributed by atoms with Crippen molar-refractivity contribution >= 4 is 45.5 Å². The Labute approximate surface area is 145 Å². The molecule has 0 saturated heterocycles. The maximum Gasteiger partial charge on any atom is 0.178 e. The van der Waals surface area contributed by atoms with Gasteiger partial charge in [0.2, 0.25) is 0 Å². The van der Waals surface area contributed by atoms with Crippen molar-refractivity contribution in [3.05, 3.63) is 53.9 Å². The Morgan fingerprint density at radius 2 is 2.09 bits per heavy atom. The SMILES string of the molecule is CC(=O)c1ccc(N(N)CSC(=S)Nc2ccccc2C)cn1. The maximum atomic E-state index is 11.2. The van der Waals surface area contributed by atoms with E-state index in [9.17, 15) is 4.79 Å². The van der Waals surface area contributed by atoms with Gasteiger partial charge >= 0.3 is 0 Å². The number of hydrogen-bond acceptors (Lipinski definition) is 6. The Hall–Kier alpha value is -1.96. The molecule has 0 atom stereocenters. The smallest absolute Gasteiger partial charge is 0.178 e. The van der Waals surface area contributed by atoms with Gasteiger partial charge in [0.05, 0.1) is 17.8 Å². The average Bonchev–Trinajstić information content (AvgIpc) is 2.55. The zero-order valence-electron chi connectivity index (χ0n) is 12.9. The normalized spacial score (nSPS) is 10.2. The lowest BCUT2D eigenvalue weighted by molar-refractivity contribution is 0.101. The van der Waals surface area contributed by atoms with Crippen molar-refractivity contribution in [1.29, 1.82) is 0 Å². The number of aromatic nitrogens is 1. The summed E-state index contributed by atoms with van der Waals surface area (Å²) in [4.78, 5) is 15.3. The number of Topliss-reactive ketones (excluding diaryl/α,β-unsaturated/α-hetero) is 1. The predicted octanol–water partition coefficient (Wildman–Crippen LogP) is 3.36. The third kappa shape index (κ3) is 5.02. The Morgan fingerprint density at radius 1 is 1.35 bits per heavy atom. The van der Waals surface area contributed by atoms with Crippen LogP contribution in [0.3, 0.4) is 0 Å². The number of thiocarbonyl (C=S) groups is 1. The van der Waals surface area contributed by atoms with E-state index in [1.54, 1.807) is 18.3 Å². The van der Waals surface area contributed by atoms with E-state index < -0.39 is 0 Å². The molecule has 0 aliphatic heterocycles. The highest BCUT2D eigenvalue weighted by molar-refractivity contribution is 8.23. The summed E-state index contributed by atoms with van der Waals surface area (Å²) in [7, 11) is 0. The topological polar surface area (TPSA) is 71.2 Å². The predicted molar refractivity (Wildman–Crippen MR) is 101 cm³/mol. The number of carbonyl (C=O) groups is 1. The molecule has 2 rings (SSSR count). The van der Waals surface area contributed by atoms with Crippen LogP contribution in [0.25, 0.3) is 0 Å². The van der Waals surface area contributed by atoms with Crippen molar-refractivity contribution in [1.82, 2.24) is 4.98 Å². The molecule has 120 valence electrons. The quantitative estimate of drug-likeness (QED) is 0.283. The highest BCUT2D eigenvalue weighted by Crippen LogP contribution is 2.18.